The smallest absolute Gasteiger partial charge is 0.138 e. The van der Waals surface area contributed by atoms with Crippen LogP contribution in [0.15, 0.2) is 30.9 Å². The van der Waals surface area contributed by atoms with Crippen LogP contribution in [0.2, 0.25) is 0 Å². The number of aromatic nitrogens is 3. The minimum Gasteiger partial charge on any atom is -0.489 e. The van der Waals surface area contributed by atoms with Gasteiger partial charge in [0.15, 0.2) is 0 Å². The molecule has 2 aromatic rings. The quantitative estimate of drug-likeness (QED) is 0.845. The van der Waals surface area contributed by atoms with Gasteiger partial charge in [0.2, 0.25) is 0 Å². The lowest BCUT2D eigenvalue weighted by Gasteiger charge is -2.16. The molecule has 1 unspecified atom stereocenters. The lowest BCUT2D eigenvalue weighted by Crippen LogP contribution is -2.19. The molecule has 5 nitrogen and oxygen atoms in total. The van der Waals surface area contributed by atoms with Crippen LogP contribution in [0.1, 0.15) is 31.3 Å². The van der Waals surface area contributed by atoms with Crippen LogP contribution in [0.5, 0.6) is 5.75 Å². The molecule has 0 aliphatic heterocycles. The van der Waals surface area contributed by atoms with Crippen LogP contribution in [0.3, 0.4) is 0 Å². The second-order valence-corrected chi connectivity index (χ2v) is 4.32. The molecule has 96 valence electrons. The molecule has 18 heavy (non-hydrogen) atoms. The monoisotopic (exact) mass is 246 g/mol. The van der Waals surface area contributed by atoms with Crippen LogP contribution in [0.4, 0.5) is 0 Å². The van der Waals surface area contributed by atoms with Gasteiger partial charge >= 0.3 is 0 Å². The van der Waals surface area contributed by atoms with E-state index in [1.165, 1.54) is 0 Å². The highest BCUT2D eigenvalue weighted by molar-refractivity contribution is 5.29. The molecule has 2 rings (SSSR count). The first-order valence-electron chi connectivity index (χ1n) is 5.99. The highest BCUT2D eigenvalue weighted by atomic mass is 16.5. The van der Waals surface area contributed by atoms with Gasteiger partial charge < -0.3 is 15.0 Å². The summed E-state index contributed by atoms with van der Waals surface area (Å²) in [5.74, 6) is 1.63. The molecule has 1 atom stereocenters. The number of H-pyrrole nitrogens is 1. The summed E-state index contributed by atoms with van der Waals surface area (Å²) in [6, 6.07) is 1.97. The van der Waals surface area contributed by atoms with Crippen molar-refractivity contribution in [2.45, 2.75) is 26.0 Å². The molecule has 0 amide bonds. The normalized spacial score (nSPS) is 12.7. The minimum atomic E-state index is -0.0109. The van der Waals surface area contributed by atoms with Crippen molar-refractivity contribution in [3.63, 3.8) is 0 Å². The van der Waals surface area contributed by atoms with E-state index in [-0.39, 0.29) is 12.1 Å². The molecule has 0 radical (unpaired) electrons. The number of aromatic amines is 1. The Morgan fingerprint density at radius 3 is 2.78 bits per heavy atom. The Kier molecular flexibility index (Phi) is 3.94. The first-order chi connectivity index (χ1) is 8.70. The van der Waals surface area contributed by atoms with Crippen molar-refractivity contribution in [1.82, 2.24) is 20.3 Å². The van der Waals surface area contributed by atoms with Crippen molar-refractivity contribution < 1.29 is 4.74 Å². The van der Waals surface area contributed by atoms with E-state index >= 15 is 0 Å². The molecule has 0 spiro atoms. The molecule has 0 saturated heterocycles. The number of nitrogens with zero attached hydrogens (tertiary/aromatic N) is 2. The van der Waals surface area contributed by atoms with Crippen LogP contribution in [0.25, 0.3) is 0 Å². The second-order valence-electron chi connectivity index (χ2n) is 4.32. The number of nitrogens with one attached hydrogen (secondary N) is 2. The zero-order chi connectivity index (χ0) is 13.0. The van der Waals surface area contributed by atoms with Gasteiger partial charge in [0.1, 0.15) is 11.6 Å². The van der Waals surface area contributed by atoms with Crippen LogP contribution < -0.4 is 10.1 Å². The largest absolute Gasteiger partial charge is 0.489 e. The maximum Gasteiger partial charge on any atom is 0.138 e. The van der Waals surface area contributed by atoms with E-state index < -0.39 is 0 Å². The predicted octanol–water partition coefficient (Wildman–Crippen LogP) is 1.90. The molecule has 2 heterocycles. The van der Waals surface area contributed by atoms with E-state index in [4.69, 9.17) is 4.74 Å². The number of imidazole rings is 1. The van der Waals surface area contributed by atoms with Crippen molar-refractivity contribution in [2.75, 3.05) is 7.05 Å². The molecule has 0 saturated carbocycles. The van der Waals surface area contributed by atoms with Gasteiger partial charge in [0.05, 0.1) is 18.3 Å². The van der Waals surface area contributed by atoms with Crippen molar-refractivity contribution >= 4 is 0 Å². The summed E-state index contributed by atoms with van der Waals surface area (Å²) < 4.78 is 5.65. The summed E-state index contributed by atoms with van der Waals surface area (Å²) in [7, 11) is 1.89. The Bertz CT molecular complexity index is 481. The molecule has 0 bridgehead atoms. The van der Waals surface area contributed by atoms with Crippen molar-refractivity contribution in [3.05, 3.63) is 42.2 Å². The fourth-order valence-electron chi connectivity index (χ4n) is 1.83. The number of hydrogen-bond donors (Lipinski definition) is 2. The zero-order valence-electron chi connectivity index (χ0n) is 10.8. The Morgan fingerprint density at radius 2 is 2.17 bits per heavy atom. The van der Waals surface area contributed by atoms with Gasteiger partial charge in [-0.3, -0.25) is 4.98 Å². The molecular weight excluding hydrogens is 228 g/mol. The van der Waals surface area contributed by atoms with E-state index in [9.17, 15) is 0 Å². The van der Waals surface area contributed by atoms with Gasteiger partial charge in [-0.15, -0.1) is 0 Å². The van der Waals surface area contributed by atoms with Gasteiger partial charge in [-0.1, -0.05) is 0 Å². The lowest BCUT2D eigenvalue weighted by atomic mass is 10.1. The van der Waals surface area contributed by atoms with Gasteiger partial charge in [-0.05, 0) is 32.5 Å². The fraction of sp³-hybridized carbons (Fsp3) is 0.385. The molecule has 0 fully saturated rings. The summed E-state index contributed by atoms with van der Waals surface area (Å²) in [4.78, 5) is 11.6. The van der Waals surface area contributed by atoms with Crippen LogP contribution in [0, 0.1) is 0 Å². The molecule has 2 N–H and O–H groups in total. The van der Waals surface area contributed by atoms with E-state index in [2.05, 4.69) is 20.3 Å². The number of ether oxygens (including phenoxy) is 1. The molecule has 5 heteroatoms. The third-order valence-corrected chi connectivity index (χ3v) is 2.52. The summed E-state index contributed by atoms with van der Waals surface area (Å²) in [6.45, 7) is 3.99. The standard InChI is InChI=1S/C13H18N4O/c1-9(2)18-11-6-10(7-15-8-11)12(14-3)13-16-4-5-17-13/h4-9,12,14H,1-3H3,(H,16,17). The van der Waals surface area contributed by atoms with Crippen LogP contribution in [-0.4, -0.2) is 28.1 Å². The van der Waals surface area contributed by atoms with Gasteiger partial charge in [0.25, 0.3) is 0 Å². The van der Waals surface area contributed by atoms with E-state index in [1.54, 1.807) is 12.4 Å². The van der Waals surface area contributed by atoms with Crippen molar-refractivity contribution in [1.29, 1.82) is 0 Å². The molecular formula is C13H18N4O. The number of rotatable bonds is 5. The molecule has 2 aromatic heterocycles. The molecule has 0 aliphatic rings. The summed E-state index contributed by atoms with van der Waals surface area (Å²) in [5.41, 5.74) is 1.02. The summed E-state index contributed by atoms with van der Waals surface area (Å²) in [6.07, 6.45) is 7.22. The average molecular weight is 246 g/mol. The Labute approximate surface area is 107 Å². The van der Waals surface area contributed by atoms with Crippen molar-refractivity contribution in [3.8, 4) is 5.75 Å². The second kappa shape index (κ2) is 5.64. The highest BCUT2D eigenvalue weighted by Crippen LogP contribution is 2.22. The third-order valence-electron chi connectivity index (χ3n) is 2.52. The first-order valence-corrected chi connectivity index (χ1v) is 5.99. The van der Waals surface area contributed by atoms with E-state index in [0.717, 1.165) is 17.1 Å². The maximum absolute atomic E-state index is 5.65. The highest BCUT2D eigenvalue weighted by Gasteiger charge is 2.15. The number of hydrogen-bond acceptors (Lipinski definition) is 4. The molecule has 0 aromatic carbocycles. The Morgan fingerprint density at radius 1 is 1.33 bits per heavy atom. The first kappa shape index (κ1) is 12.6. The number of pyridine rings is 1. The van der Waals surface area contributed by atoms with Gasteiger partial charge in [-0.2, -0.15) is 0 Å². The molecule has 0 aliphatic carbocycles. The average Bonchev–Trinajstić information content (AvgIpc) is 2.83. The predicted molar refractivity (Wildman–Crippen MR) is 69.5 cm³/mol. The minimum absolute atomic E-state index is 0.0109. The lowest BCUT2D eigenvalue weighted by molar-refractivity contribution is 0.241. The van der Waals surface area contributed by atoms with Crippen molar-refractivity contribution in [2.24, 2.45) is 0 Å². The SMILES string of the molecule is CNC(c1cncc(OC(C)C)c1)c1ncc[nH]1. The maximum atomic E-state index is 5.65. The van der Waals surface area contributed by atoms with E-state index in [1.807, 2.05) is 39.4 Å². The van der Waals surface area contributed by atoms with Crippen LogP contribution in [-0.2, 0) is 0 Å². The summed E-state index contributed by atoms with van der Waals surface area (Å²) >= 11 is 0. The Balaban J connectivity index is 2.26. The third kappa shape index (κ3) is 2.87. The summed E-state index contributed by atoms with van der Waals surface area (Å²) in [5, 5.41) is 3.21. The topological polar surface area (TPSA) is 62.8 Å². The van der Waals surface area contributed by atoms with Crippen LogP contribution >= 0.6 is 0 Å². The zero-order valence-corrected chi connectivity index (χ0v) is 10.8. The van der Waals surface area contributed by atoms with Gasteiger partial charge in [-0.25, -0.2) is 4.98 Å². The van der Waals surface area contributed by atoms with E-state index in [0.29, 0.717) is 0 Å². The van der Waals surface area contributed by atoms with Gasteiger partial charge in [0, 0.05) is 18.6 Å². The fourth-order valence-corrected chi connectivity index (χ4v) is 1.83. The Hall–Kier alpha value is -1.88.